The van der Waals surface area contributed by atoms with Crippen LogP contribution in [0.15, 0.2) is 28.7 Å². The molecule has 0 bridgehead atoms. The molecule has 0 aliphatic heterocycles. The Balaban J connectivity index is 2.20. The molecule has 5 nitrogen and oxygen atoms in total. The number of hydrogen-bond donors (Lipinski definition) is 3. The van der Waals surface area contributed by atoms with E-state index in [-0.39, 0.29) is 18.4 Å². The summed E-state index contributed by atoms with van der Waals surface area (Å²) < 4.78 is 0.912. The summed E-state index contributed by atoms with van der Waals surface area (Å²) in [6.07, 6.45) is 0.972. The van der Waals surface area contributed by atoms with Crippen LogP contribution < -0.4 is 16.4 Å². The Morgan fingerprint density at radius 3 is 2.78 bits per heavy atom. The molecule has 18 heavy (non-hydrogen) atoms. The van der Waals surface area contributed by atoms with Crippen LogP contribution in [0.4, 0.5) is 5.69 Å². The van der Waals surface area contributed by atoms with Gasteiger partial charge in [0.2, 0.25) is 11.8 Å². The molecule has 0 spiro atoms. The van der Waals surface area contributed by atoms with Gasteiger partial charge in [-0.3, -0.25) is 9.59 Å². The number of halogens is 1. The van der Waals surface area contributed by atoms with E-state index < -0.39 is 0 Å². The highest BCUT2D eigenvalue weighted by Gasteiger charge is 2.02. The third-order valence-electron chi connectivity index (χ3n) is 2.17. The Hall–Kier alpha value is -1.40. The number of rotatable bonds is 7. The lowest BCUT2D eigenvalue weighted by Crippen LogP contribution is -2.29. The molecule has 0 atom stereocenters. The molecule has 0 saturated heterocycles. The second-order valence-electron chi connectivity index (χ2n) is 3.81. The number of amides is 2. The lowest BCUT2D eigenvalue weighted by Gasteiger charge is -2.06. The first-order chi connectivity index (χ1) is 8.58. The normalized spacial score (nSPS) is 10.1. The second-order valence-corrected chi connectivity index (χ2v) is 4.72. The maximum atomic E-state index is 11.5. The van der Waals surface area contributed by atoms with Gasteiger partial charge >= 0.3 is 0 Å². The monoisotopic (exact) mass is 313 g/mol. The molecule has 98 valence electrons. The molecule has 0 aromatic heterocycles. The number of benzene rings is 1. The van der Waals surface area contributed by atoms with Gasteiger partial charge in [-0.2, -0.15) is 0 Å². The highest BCUT2D eigenvalue weighted by Crippen LogP contribution is 2.15. The van der Waals surface area contributed by atoms with Crippen molar-refractivity contribution in [2.75, 3.05) is 18.4 Å². The lowest BCUT2D eigenvalue weighted by molar-refractivity contribution is -0.118. The van der Waals surface area contributed by atoms with Gasteiger partial charge in [-0.25, -0.2) is 0 Å². The molecular weight excluding hydrogens is 298 g/mol. The summed E-state index contributed by atoms with van der Waals surface area (Å²) in [5, 5.41) is 5.70. The molecule has 1 aromatic rings. The van der Waals surface area contributed by atoms with Crippen molar-refractivity contribution in [3.05, 3.63) is 28.7 Å². The summed E-state index contributed by atoms with van der Waals surface area (Å²) in [6.45, 7) is 0.806. The third-order valence-corrected chi connectivity index (χ3v) is 2.66. The van der Waals surface area contributed by atoms with Crippen LogP contribution in [0.3, 0.4) is 0 Å². The van der Waals surface area contributed by atoms with E-state index in [0.29, 0.717) is 19.4 Å². The van der Waals surface area contributed by atoms with Crippen LogP contribution in [0.5, 0.6) is 0 Å². The molecule has 0 unspecified atom stereocenters. The fraction of sp³-hybridized carbons (Fsp3) is 0.333. The predicted molar refractivity (Wildman–Crippen MR) is 74.1 cm³/mol. The molecule has 0 saturated carbocycles. The quantitative estimate of drug-likeness (QED) is 0.662. The van der Waals surface area contributed by atoms with E-state index in [0.717, 1.165) is 10.2 Å². The first-order valence-electron chi connectivity index (χ1n) is 5.62. The molecule has 1 aromatic carbocycles. The van der Waals surface area contributed by atoms with Crippen LogP contribution in [-0.4, -0.2) is 24.9 Å². The SMILES string of the molecule is NC(=O)CCCNCC(=O)Nc1cccc(Br)c1. The molecule has 4 N–H and O–H groups in total. The summed E-state index contributed by atoms with van der Waals surface area (Å²) in [5.74, 6) is -0.442. The van der Waals surface area contributed by atoms with E-state index in [1.54, 1.807) is 0 Å². The van der Waals surface area contributed by atoms with Crippen molar-refractivity contribution in [2.24, 2.45) is 5.73 Å². The van der Waals surface area contributed by atoms with Crippen LogP contribution in [0.2, 0.25) is 0 Å². The van der Waals surface area contributed by atoms with Crippen molar-refractivity contribution in [1.82, 2.24) is 5.32 Å². The van der Waals surface area contributed by atoms with Crippen molar-refractivity contribution in [1.29, 1.82) is 0 Å². The summed E-state index contributed by atoms with van der Waals surface area (Å²) in [5.41, 5.74) is 5.74. The topological polar surface area (TPSA) is 84.2 Å². The van der Waals surface area contributed by atoms with Gasteiger partial charge in [0.25, 0.3) is 0 Å². The number of nitrogens with one attached hydrogen (secondary N) is 2. The van der Waals surface area contributed by atoms with Gasteiger partial charge in [0.15, 0.2) is 0 Å². The van der Waals surface area contributed by atoms with E-state index in [9.17, 15) is 9.59 Å². The Morgan fingerprint density at radius 1 is 1.33 bits per heavy atom. The minimum Gasteiger partial charge on any atom is -0.370 e. The average molecular weight is 314 g/mol. The first-order valence-corrected chi connectivity index (χ1v) is 6.41. The fourth-order valence-corrected chi connectivity index (χ4v) is 1.76. The molecule has 2 amide bonds. The van der Waals surface area contributed by atoms with E-state index in [2.05, 4.69) is 26.6 Å². The van der Waals surface area contributed by atoms with Crippen LogP contribution in [0.1, 0.15) is 12.8 Å². The largest absolute Gasteiger partial charge is 0.370 e. The second kappa shape index (κ2) is 7.84. The molecule has 0 aliphatic carbocycles. The molecule has 0 radical (unpaired) electrons. The Morgan fingerprint density at radius 2 is 2.11 bits per heavy atom. The van der Waals surface area contributed by atoms with Crippen LogP contribution >= 0.6 is 15.9 Å². The number of anilines is 1. The maximum Gasteiger partial charge on any atom is 0.238 e. The van der Waals surface area contributed by atoms with Gasteiger partial charge in [0, 0.05) is 16.6 Å². The third kappa shape index (κ3) is 6.36. The zero-order chi connectivity index (χ0) is 13.4. The number of carbonyl (C=O) groups excluding carboxylic acids is 2. The van der Waals surface area contributed by atoms with Gasteiger partial charge in [-0.15, -0.1) is 0 Å². The summed E-state index contributed by atoms with van der Waals surface area (Å²) in [7, 11) is 0. The van der Waals surface area contributed by atoms with Gasteiger partial charge in [0.05, 0.1) is 6.54 Å². The fourth-order valence-electron chi connectivity index (χ4n) is 1.36. The molecule has 6 heteroatoms. The lowest BCUT2D eigenvalue weighted by atomic mass is 10.3. The number of primary amides is 1. The molecule has 1 rings (SSSR count). The van der Waals surface area contributed by atoms with Crippen molar-refractivity contribution in [2.45, 2.75) is 12.8 Å². The highest BCUT2D eigenvalue weighted by molar-refractivity contribution is 9.10. The Kier molecular flexibility index (Phi) is 6.38. The summed E-state index contributed by atoms with van der Waals surface area (Å²) >= 11 is 3.33. The van der Waals surface area contributed by atoms with Crippen molar-refractivity contribution < 1.29 is 9.59 Å². The number of carbonyl (C=O) groups is 2. The predicted octanol–water partition coefficient (Wildman–Crippen LogP) is 1.24. The van der Waals surface area contributed by atoms with Gasteiger partial charge < -0.3 is 16.4 Å². The highest BCUT2D eigenvalue weighted by atomic mass is 79.9. The first kappa shape index (κ1) is 14.7. The minimum atomic E-state index is -0.324. The van der Waals surface area contributed by atoms with E-state index in [1.165, 1.54) is 0 Å². The van der Waals surface area contributed by atoms with Crippen LogP contribution in [-0.2, 0) is 9.59 Å². The zero-order valence-electron chi connectivity index (χ0n) is 9.91. The maximum absolute atomic E-state index is 11.5. The van der Waals surface area contributed by atoms with Gasteiger partial charge in [-0.05, 0) is 31.2 Å². The summed E-state index contributed by atoms with van der Waals surface area (Å²) in [6, 6.07) is 7.37. The van der Waals surface area contributed by atoms with Crippen LogP contribution in [0, 0.1) is 0 Å². The standard InChI is InChI=1S/C12H16BrN3O2/c13-9-3-1-4-10(7-9)16-12(18)8-15-6-2-5-11(14)17/h1,3-4,7,15H,2,5-6,8H2,(H2,14,17)(H,16,18). The zero-order valence-corrected chi connectivity index (χ0v) is 11.5. The van der Waals surface area contributed by atoms with E-state index >= 15 is 0 Å². The Labute approximate surface area is 114 Å². The molecule has 0 fully saturated rings. The minimum absolute atomic E-state index is 0.118. The van der Waals surface area contributed by atoms with E-state index in [1.807, 2.05) is 24.3 Å². The smallest absolute Gasteiger partial charge is 0.238 e. The van der Waals surface area contributed by atoms with Crippen molar-refractivity contribution in [3.63, 3.8) is 0 Å². The Bertz CT molecular complexity index is 424. The average Bonchev–Trinajstić information content (AvgIpc) is 2.28. The molecule has 0 aliphatic rings. The van der Waals surface area contributed by atoms with Crippen molar-refractivity contribution in [3.8, 4) is 0 Å². The van der Waals surface area contributed by atoms with Crippen LogP contribution in [0.25, 0.3) is 0 Å². The van der Waals surface area contributed by atoms with E-state index in [4.69, 9.17) is 5.73 Å². The number of hydrogen-bond acceptors (Lipinski definition) is 3. The number of nitrogens with two attached hydrogens (primary N) is 1. The molecular formula is C12H16BrN3O2. The van der Waals surface area contributed by atoms with Crippen molar-refractivity contribution >= 4 is 33.4 Å². The van der Waals surface area contributed by atoms with Gasteiger partial charge in [-0.1, -0.05) is 22.0 Å². The van der Waals surface area contributed by atoms with Gasteiger partial charge in [0.1, 0.15) is 0 Å². The summed E-state index contributed by atoms with van der Waals surface area (Å²) in [4.78, 5) is 22.0. The molecule has 0 heterocycles.